The lowest BCUT2D eigenvalue weighted by atomic mass is 10.0. The Morgan fingerprint density at radius 3 is 2.75 bits per heavy atom. The van der Waals surface area contributed by atoms with Crippen LogP contribution in [0.15, 0.2) is 23.1 Å². The molecule has 112 valence electrons. The van der Waals surface area contributed by atoms with Crippen molar-refractivity contribution in [2.75, 3.05) is 32.6 Å². The second kappa shape index (κ2) is 7.20. The van der Waals surface area contributed by atoms with Gasteiger partial charge in [-0.1, -0.05) is 0 Å². The highest BCUT2D eigenvalue weighted by molar-refractivity contribution is 7.99. The highest BCUT2D eigenvalue weighted by Gasteiger charge is 2.20. The standard InChI is InChI=1S/C15H23NO3S/c1-15(11-17,16-2)6-9-20-12-4-5-13-14(10-12)19-8-3-7-18-13/h4-5,10,16-17H,3,6-9,11H2,1-2H3. The number of aliphatic hydroxyl groups excluding tert-OH is 1. The van der Waals surface area contributed by atoms with Crippen LogP contribution in [0.3, 0.4) is 0 Å². The van der Waals surface area contributed by atoms with Crippen molar-refractivity contribution in [3.05, 3.63) is 18.2 Å². The highest BCUT2D eigenvalue weighted by atomic mass is 32.2. The van der Waals surface area contributed by atoms with Crippen LogP contribution in [-0.2, 0) is 0 Å². The van der Waals surface area contributed by atoms with Gasteiger partial charge in [0.05, 0.1) is 19.8 Å². The summed E-state index contributed by atoms with van der Waals surface area (Å²) in [4.78, 5) is 1.17. The molecule has 0 saturated heterocycles. The Balaban J connectivity index is 1.92. The summed E-state index contributed by atoms with van der Waals surface area (Å²) in [6, 6.07) is 6.08. The maximum absolute atomic E-state index is 9.36. The van der Waals surface area contributed by atoms with Gasteiger partial charge in [-0.25, -0.2) is 0 Å². The van der Waals surface area contributed by atoms with Crippen LogP contribution in [0, 0.1) is 0 Å². The summed E-state index contributed by atoms with van der Waals surface area (Å²) in [7, 11) is 1.88. The number of likely N-dealkylation sites (N-methyl/N-ethyl adjacent to an activating group) is 1. The molecule has 1 aromatic rings. The van der Waals surface area contributed by atoms with Crippen molar-refractivity contribution in [3.63, 3.8) is 0 Å². The first-order valence-electron chi connectivity index (χ1n) is 6.99. The minimum atomic E-state index is -0.210. The molecule has 1 heterocycles. The lowest BCUT2D eigenvalue weighted by Gasteiger charge is -2.26. The molecule has 0 saturated carbocycles. The molecule has 1 aliphatic rings. The summed E-state index contributed by atoms with van der Waals surface area (Å²) in [5, 5.41) is 12.5. The number of hydrogen-bond acceptors (Lipinski definition) is 5. The van der Waals surface area contributed by atoms with Gasteiger partial charge in [0.2, 0.25) is 0 Å². The van der Waals surface area contributed by atoms with Crippen LogP contribution in [0.4, 0.5) is 0 Å². The van der Waals surface area contributed by atoms with Gasteiger partial charge >= 0.3 is 0 Å². The van der Waals surface area contributed by atoms with Crippen molar-refractivity contribution in [1.29, 1.82) is 0 Å². The van der Waals surface area contributed by atoms with Gasteiger partial charge in [-0.05, 0) is 44.3 Å². The van der Waals surface area contributed by atoms with Gasteiger partial charge in [0.15, 0.2) is 11.5 Å². The van der Waals surface area contributed by atoms with Crippen molar-refractivity contribution in [2.45, 2.75) is 30.2 Å². The predicted octanol–water partition coefficient (Wildman–Crippen LogP) is 2.30. The molecular formula is C15H23NO3S. The summed E-state index contributed by atoms with van der Waals surface area (Å²) < 4.78 is 11.3. The quantitative estimate of drug-likeness (QED) is 0.789. The number of benzene rings is 1. The van der Waals surface area contributed by atoms with Crippen LogP contribution in [0.5, 0.6) is 11.5 Å². The van der Waals surface area contributed by atoms with Crippen LogP contribution in [0.25, 0.3) is 0 Å². The van der Waals surface area contributed by atoms with Crippen LogP contribution >= 0.6 is 11.8 Å². The number of thioether (sulfide) groups is 1. The molecule has 0 fully saturated rings. The van der Waals surface area contributed by atoms with Crippen molar-refractivity contribution >= 4 is 11.8 Å². The fourth-order valence-electron chi connectivity index (χ4n) is 1.91. The molecule has 2 N–H and O–H groups in total. The summed E-state index contributed by atoms with van der Waals surface area (Å²) in [5.41, 5.74) is -0.210. The molecule has 1 atom stereocenters. The van der Waals surface area contributed by atoms with E-state index in [1.54, 1.807) is 11.8 Å². The molecule has 2 rings (SSSR count). The molecule has 4 nitrogen and oxygen atoms in total. The van der Waals surface area contributed by atoms with Gasteiger partial charge in [0, 0.05) is 16.9 Å². The van der Waals surface area contributed by atoms with Crippen molar-refractivity contribution in [3.8, 4) is 11.5 Å². The zero-order chi connectivity index (χ0) is 14.4. The summed E-state index contributed by atoms with van der Waals surface area (Å²) >= 11 is 1.77. The molecular weight excluding hydrogens is 274 g/mol. The maximum Gasteiger partial charge on any atom is 0.162 e. The van der Waals surface area contributed by atoms with E-state index in [2.05, 4.69) is 11.4 Å². The van der Waals surface area contributed by atoms with E-state index in [1.807, 2.05) is 26.1 Å². The number of nitrogens with one attached hydrogen (secondary N) is 1. The predicted molar refractivity (Wildman–Crippen MR) is 81.9 cm³/mol. The molecule has 1 unspecified atom stereocenters. The number of hydrogen-bond donors (Lipinski definition) is 2. The SMILES string of the molecule is CNC(C)(CO)CCSc1ccc2c(c1)OCCCO2. The minimum Gasteiger partial charge on any atom is -0.490 e. The smallest absolute Gasteiger partial charge is 0.162 e. The minimum absolute atomic E-state index is 0.144. The van der Waals surface area contributed by atoms with Crippen molar-refractivity contribution in [2.24, 2.45) is 0 Å². The second-order valence-electron chi connectivity index (χ2n) is 5.23. The van der Waals surface area contributed by atoms with Gasteiger partial charge in [0.1, 0.15) is 0 Å². The molecule has 1 aliphatic heterocycles. The molecule has 1 aromatic carbocycles. The van der Waals surface area contributed by atoms with E-state index in [-0.39, 0.29) is 12.1 Å². The first-order valence-corrected chi connectivity index (χ1v) is 7.98. The average Bonchev–Trinajstić information content (AvgIpc) is 2.72. The summed E-state index contributed by atoms with van der Waals surface area (Å²) in [6.07, 6.45) is 1.83. The van der Waals surface area contributed by atoms with Crippen LogP contribution in [-0.4, -0.2) is 43.3 Å². The monoisotopic (exact) mass is 297 g/mol. The van der Waals surface area contributed by atoms with Gasteiger partial charge < -0.3 is 19.9 Å². The Hall–Kier alpha value is -0.910. The van der Waals surface area contributed by atoms with Gasteiger partial charge in [-0.3, -0.25) is 0 Å². The zero-order valence-corrected chi connectivity index (χ0v) is 13.0. The molecule has 0 spiro atoms. The molecule has 0 radical (unpaired) electrons. The van der Waals surface area contributed by atoms with E-state index in [0.717, 1.165) is 36.7 Å². The van der Waals surface area contributed by atoms with Crippen LogP contribution in [0.1, 0.15) is 19.8 Å². The first-order chi connectivity index (χ1) is 9.67. The van der Waals surface area contributed by atoms with Gasteiger partial charge in [-0.15, -0.1) is 11.8 Å². The van der Waals surface area contributed by atoms with Gasteiger partial charge in [0.25, 0.3) is 0 Å². The second-order valence-corrected chi connectivity index (χ2v) is 6.39. The van der Waals surface area contributed by atoms with E-state index in [9.17, 15) is 5.11 Å². The number of aliphatic hydroxyl groups is 1. The summed E-state index contributed by atoms with van der Waals surface area (Å²) in [6.45, 7) is 3.60. The number of rotatable bonds is 6. The third kappa shape index (κ3) is 4.04. The lowest BCUT2D eigenvalue weighted by Crippen LogP contribution is -2.43. The molecule has 0 aromatic heterocycles. The van der Waals surface area contributed by atoms with Crippen molar-refractivity contribution in [1.82, 2.24) is 5.32 Å². The normalized spacial score (nSPS) is 17.4. The molecule has 0 amide bonds. The Labute approximate surface area is 124 Å². The fraction of sp³-hybridized carbons (Fsp3) is 0.600. The Kier molecular flexibility index (Phi) is 5.57. The third-order valence-electron chi connectivity index (χ3n) is 3.59. The Morgan fingerprint density at radius 1 is 1.30 bits per heavy atom. The maximum atomic E-state index is 9.36. The largest absolute Gasteiger partial charge is 0.490 e. The molecule has 5 heteroatoms. The zero-order valence-electron chi connectivity index (χ0n) is 12.1. The van der Waals surface area contributed by atoms with E-state index in [1.165, 1.54) is 4.90 Å². The third-order valence-corrected chi connectivity index (χ3v) is 4.59. The van der Waals surface area contributed by atoms with Gasteiger partial charge in [-0.2, -0.15) is 0 Å². The number of ether oxygens (including phenoxy) is 2. The summed E-state index contributed by atoms with van der Waals surface area (Å²) in [5.74, 6) is 2.62. The molecule has 20 heavy (non-hydrogen) atoms. The van der Waals surface area contributed by atoms with Crippen LogP contribution < -0.4 is 14.8 Å². The lowest BCUT2D eigenvalue weighted by molar-refractivity contribution is 0.179. The molecule has 0 aliphatic carbocycles. The first kappa shape index (κ1) is 15.5. The Morgan fingerprint density at radius 2 is 2.05 bits per heavy atom. The fourth-order valence-corrected chi connectivity index (χ4v) is 3.05. The van der Waals surface area contributed by atoms with Crippen molar-refractivity contribution < 1.29 is 14.6 Å². The highest BCUT2D eigenvalue weighted by Crippen LogP contribution is 2.34. The van der Waals surface area contributed by atoms with E-state index in [0.29, 0.717) is 6.61 Å². The topological polar surface area (TPSA) is 50.7 Å². The van der Waals surface area contributed by atoms with E-state index < -0.39 is 0 Å². The van der Waals surface area contributed by atoms with E-state index in [4.69, 9.17) is 9.47 Å². The molecule has 0 bridgehead atoms. The number of fused-ring (bicyclic) bond motifs is 1. The van der Waals surface area contributed by atoms with Crippen LogP contribution in [0.2, 0.25) is 0 Å². The Bertz CT molecular complexity index is 435. The van der Waals surface area contributed by atoms with E-state index >= 15 is 0 Å². The average molecular weight is 297 g/mol.